The smallest absolute Gasteiger partial charge is 0.315 e. The summed E-state index contributed by atoms with van der Waals surface area (Å²) in [6, 6.07) is 17.6. The topological polar surface area (TPSA) is 55.4 Å². The number of esters is 1. The first-order valence-electron chi connectivity index (χ1n) is 6.95. The Balaban J connectivity index is 1.94. The summed E-state index contributed by atoms with van der Waals surface area (Å²) in [4.78, 5) is 25.1. The molecule has 2 rings (SSSR count). The molecule has 0 radical (unpaired) electrons. The van der Waals surface area contributed by atoms with E-state index in [1.807, 2.05) is 54.6 Å². The van der Waals surface area contributed by atoms with Gasteiger partial charge in [-0.25, -0.2) is 0 Å². The largest absolute Gasteiger partial charge is 0.468 e. The summed E-state index contributed by atoms with van der Waals surface area (Å²) in [5.74, 6) is -0.0908. The van der Waals surface area contributed by atoms with Crippen molar-refractivity contribution >= 4 is 41.1 Å². The van der Waals surface area contributed by atoms with Crippen molar-refractivity contribution in [2.24, 2.45) is 0 Å². The minimum atomic E-state index is -0.331. The number of nitrogens with one attached hydrogen (secondary N) is 1. The van der Waals surface area contributed by atoms with E-state index in [0.717, 1.165) is 15.5 Å². The predicted molar refractivity (Wildman–Crippen MR) is 95.0 cm³/mol. The molecule has 1 amide bonds. The number of amides is 1. The molecule has 120 valence electrons. The Hall–Kier alpha value is -1.92. The highest BCUT2D eigenvalue weighted by atomic mass is 32.2. The first kappa shape index (κ1) is 17.4. The predicted octanol–water partition coefficient (Wildman–Crippen LogP) is 3.68. The van der Waals surface area contributed by atoms with E-state index in [1.54, 1.807) is 11.8 Å². The number of benzene rings is 2. The third kappa shape index (κ3) is 6.00. The molecule has 0 aliphatic heterocycles. The van der Waals surface area contributed by atoms with Crippen LogP contribution in [0.5, 0.6) is 0 Å². The molecule has 6 heteroatoms. The second kappa shape index (κ2) is 9.27. The molecule has 2 aromatic carbocycles. The molecule has 0 aliphatic carbocycles. The number of rotatable bonds is 7. The van der Waals surface area contributed by atoms with Crippen LogP contribution in [0.1, 0.15) is 0 Å². The van der Waals surface area contributed by atoms with Crippen molar-refractivity contribution in [2.45, 2.75) is 9.79 Å². The number of hydrogen-bond donors (Lipinski definition) is 1. The number of carbonyl (C=O) groups is 2. The lowest BCUT2D eigenvalue weighted by Crippen LogP contribution is -2.16. The summed E-state index contributed by atoms with van der Waals surface area (Å²) >= 11 is 2.82. The van der Waals surface area contributed by atoms with Crippen molar-refractivity contribution in [1.82, 2.24) is 0 Å². The van der Waals surface area contributed by atoms with Crippen LogP contribution in [-0.2, 0) is 14.3 Å². The van der Waals surface area contributed by atoms with Crippen LogP contribution in [0.2, 0.25) is 0 Å². The maximum atomic E-state index is 12.0. The van der Waals surface area contributed by atoms with Gasteiger partial charge in [0, 0.05) is 9.79 Å². The Morgan fingerprint density at radius 1 is 1.00 bits per heavy atom. The molecule has 0 heterocycles. The van der Waals surface area contributed by atoms with E-state index in [9.17, 15) is 9.59 Å². The van der Waals surface area contributed by atoms with Crippen LogP contribution in [-0.4, -0.2) is 30.5 Å². The zero-order valence-electron chi connectivity index (χ0n) is 12.7. The van der Waals surface area contributed by atoms with Crippen molar-refractivity contribution in [1.29, 1.82) is 0 Å². The average molecular weight is 347 g/mol. The Labute approximate surface area is 144 Å². The van der Waals surface area contributed by atoms with Crippen LogP contribution in [0.15, 0.2) is 64.4 Å². The lowest BCUT2D eigenvalue weighted by atomic mass is 10.3. The third-order valence-electron chi connectivity index (χ3n) is 2.81. The minimum absolute atomic E-state index is 0.139. The quantitative estimate of drug-likeness (QED) is 0.774. The Morgan fingerprint density at radius 2 is 1.70 bits per heavy atom. The van der Waals surface area contributed by atoms with E-state index >= 15 is 0 Å². The van der Waals surface area contributed by atoms with E-state index < -0.39 is 0 Å². The molecule has 0 aromatic heterocycles. The number of para-hydroxylation sites is 1. The van der Waals surface area contributed by atoms with Gasteiger partial charge < -0.3 is 10.1 Å². The highest BCUT2D eigenvalue weighted by Crippen LogP contribution is 2.33. The number of carbonyl (C=O) groups excluding carboxylic acids is 2. The van der Waals surface area contributed by atoms with Crippen LogP contribution in [0.3, 0.4) is 0 Å². The van der Waals surface area contributed by atoms with Crippen LogP contribution in [0, 0.1) is 0 Å². The third-order valence-corrected chi connectivity index (χ3v) is 4.80. The van der Waals surface area contributed by atoms with Gasteiger partial charge in [-0.1, -0.05) is 42.1 Å². The molecule has 0 saturated heterocycles. The van der Waals surface area contributed by atoms with E-state index in [2.05, 4.69) is 10.1 Å². The molecule has 1 N–H and O–H groups in total. The number of thioether (sulfide) groups is 1. The lowest BCUT2D eigenvalue weighted by molar-refractivity contribution is -0.137. The molecule has 4 nitrogen and oxygen atoms in total. The van der Waals surface area contributed by atoms with Crippen LogP contribution >= 0.6 is 23.5 Å². The van der Waals surface area contributed by atoms with E-state index in [-0.39, 0.29) is 23.4 Å². The molecule has 0 bridgehead atoms. The normalized spacial score (nSPS) is 10.1. The molecule has 0 unspecified atom stereocenters. The summed E-state index contributed by atoms with van der Waals surface area (Å²) in [5, 5.41) is 2.89. The maximum absolute atomic E-state index is 12.0. The molecule has 2 aromatic rings. The summed E-state index contributed by atoms with van der Waals surface area (Å²) in [7, 11) is 1.33. The van der Waals surface area contributed by atoms with Gasteiger partial charge in [0.05, 0.1) is 24.3 Å². The average Bonchev–Trinajstić information content (AvgIpc) is 2.57. The molecule has 0 spiro atoms. The Bertz CT molecular complexity index is 662. The second-order valence-corrected chi connectivity index (χ2v) is 6.63. The van der Waals surface area contributed by atoms with Crippen molar-refractivity contribution < 1.29 is 14.3 Å². The van der Waals surface area contributed by atoms with E-state index in [1.165, 1.54) is 18.9 Å². The zero-order chi connectivity index (χ0) is 16.5. The monoisotopic (exact) mass is 347 g/mol. The summed E-state index contributed by atoms with van der Waals surface area (Å²) in [6.07, 6.45) is 0. The lowest BCUT2D eigenvalue weighted by Gasteiger charge is -2.10. The Kier molecular flexibility index (Phi) is 7.03. The molecule has 0 saturated carbocycles. The van der Waals surface area contributed by atoms with Gasteiger partial charge >= 0.3 is 5.97 Å². The van der Waals surface area contributed by atoms with Gasteiger partial charge in [0.2, 0.25) is 5.91 Å². The van der Waals surface area contributed by atoms with Gasteiger partial charge in [0.15, 0.2) is 0 Å². The highest BCUT2D eigenvalue weighted by molar-refractivity contribution is 8.00. The van der Waals surface area contributed by atoms with Gasteiger partial charge in [-0.3, -0.25) is 9.59 Å². The van der Waals surface area contributed by atoms with Gasteiger partial charge in [-0.2, -0.15) is 0 Å². The fourth-order valence-electron chi connectivity index (χ4n) is 1.75. The van der Waals surface area contributed by atoms with Gasteiger partial charge in [0.25, 0.3) is 0 Å². The molecule has 23 heavy (non-hydrogen) atoms. The number of methoxy groups -OCH3 is 1. The fraction of sp³-hybridized carbons (Fsp3) is 0.176. The minimum Gasteiger partial charge on any atom is -0.468 e. The standard InChI is InChI=1S/C17H17NO3S2/c1-21-17(20)12-22-11-16(19)18-14-9-5-6-10-15(14)23-13-7-3-2-4-8-13/h2-10H,11-12H2,1H3,(H,18,19). The second-order valence-electron chi connectivity index (χ2n) is 4.53. The van der Waals surface area contributed by atoms with Crippen LogP contribution < -0.4 is 5.32 Å². The molecule has 0 fully saturated rings. The Morgan fingerprint density at radius 3 is 2.43 bits per heavy atom. The van der Waals surface area contributed by atoms with Crippen LogP contribution in [0.4, 0.5) is 5.69 Å². The molecule has 0 aliphatic rings. The highest BCUT2D eigenvalue weighted by Gasteiger charge is 2.09. The van der Waals surface area contributed by atoms with E-state index in [0.29, 0.717) is 0 Å². The zero-order valence-corrected chi connectivity index (χ0v) is 14.3. The van der Waals surface area contributed by atoms with Gasteiger partial charge in [0.1, 0.15) is 0 Å². The van der Waals surface area contributed by atoms with Crippen molar-refractivity contribution in [3.63, 3.8) is 0 Å². The van der Waals surface area contributed by atoms with Crippen molar-refractivity contribution in [3.05, 3.63) is 54.6 Å². The van der Waals surface area contributed by atoms with E-state index in [4.69, 9.17) is 0 Å². The van der Waals surface area contributed by atoms with Crippen LogP contribution in [0.25, 0.3) is 0 Å². The summed E-state index contributed by atoms with van der Waals surface area (Å²) in [6.45, 7) is 0. The molecular weight excluding hydrogens is 330 g/mol. The number of ether oxygens (including phenoxy) is 1. The number of anilines is 1. The maximum Gasteiger partial charge on any atom is 0.315 e. The molecular formula is C17H17NO3S2. The first-order chi connectivity index (χ1) is 11.2. The first-order valence-corrected chi connectivity index (χ1v) is 8.92. The molecule has 0 atom stereocenters. The number of hydrogen-bond acceptors (Lipinski definition) is 5. The fourth-order valence-corrected chi connectivity index (χ4v) is 3.31. The summed E-state index contributed by atoms with van der Waals surface area (Å²) in [5.41, 5.74) is 0.769. The van der Waals surface area contributed by atoms with Crippen molar-refractivity contribution in [3.8, 4) is 0 Å². The van der Waals surface area contributed by atoms with Gasteiger partial charge in [-0.05, 0) is 24.3 Å². The van der Waals surface area contributed by atoms with Crippen molar-refractivity contribution in [2.75, 3.05) is 23.9 Å². The summed E-state index contributed by atoms with van der Waals surface area (Å²) < 4.78 is 4.54. The van der Waals surface area contributed by atoms with Gasteiger partial charge in [-0.15, -0.1) is 11.8 Å². The SMILES string of the molecule is COC(=O)CSCC(=O)Nc1ccccc1Sc1ccccc1.